The first-order valence-corrected chi connectivity index (χ1v) is 15.1. The van der Waals surface area contributed by atoms with E-state index < -0.39 is 0 Å². The first-order chi connectivity index (χ1) is 18.4. The number of nitrogens with zero attached hydrogens (tertiary/aromatic N) is 5. The van der Waals surface area contributed by atoms with E-state index in [1.165, 1.54) is 18.2 Å². The Kier molecular flexibility index (Phi) is 7.05. The maximum Gasteiger partial charge on any atom is 0.264 e. The van der Waals surface area contributed by atoms with Gasteiger partial charge >= 0.3 is 0 Å². The van der Waals surface area contributed by atoms with Crippen molar-refractivity contribution >= 4 is 45.0 Å². The van der Waals surface area contributed by atoms with Crippen LogP contribution in [-0.4, -0.2) is 54.4 Å². The third kappa shape index (κ3) is 4.56. The average Bonchev–Trinajstić information content (AvgIpc) is 3.52. The molecule has 1 aromatic carbocycles. The number of benzene rings is 1. The number of likely N-dealkylation sites (tertiary alicyclic amines) is 1. The summed E-state index contributed by atoms with van der Waals surface area (Å²) in [7, 11) is 0. The molecule has 10 heteroatoms. The number of carbonyl (C=O) groups excluding carboxylic acids is 1. The van der Waals surface area contributed by atoms with Gasteiger partial charge in [-0.25, -0.2) is 4.40 Å². The summed E-state index contributed by atoms with van der Waals surface area (Å²) in [6.45, 7) is 8.81. The lowest BCUT2D eigenvalue weighted by Crippen LogP contribution is -2.40. The molecule has 2 atom stereocenters. The molecule has 3 aromatic heterocycles. The van der Waals surface area contributed by atoms with Crippen LogP contribution in [0.1, 0.15) is 56.0 Å². The summed E-state index contributed by atoms with van der Waals surface area (Å²) in [5, 5.41) is 10.1. The Hall–Kier alpha value is -2.69. The van der Waals surface area contributed by atoms with Crippen molar-refractivity contribution in [2.75, 3.05) is 13.1 Å². The van der Waals surface area contributed by atoms with Gasteiger partial charge in [0.25, 0.3) is 5.56 Å². The monoisotopic (exact) mass is 551 g/mol. The minimum absolute atomic E-state index is 0.0420. The molecule has 2 aliphatic heterocycles. The zero-order valence-corrected chi connectivity index (χ0v) is 23.7. The number of amides is 1. The smallest absolute Gasteiger partial charge is 0.264 e. The Morgan fingerprint density at radius 3 is 2.63 bits per heavy atom. The number of carbonyl (C=O) groups is 1. The van der Waals surface area contributed by atoms with Crippen LogP contribution < -0.4 is 5.56 Å². The second-order valence-corrected chi connectivity index (χ2v) is 13.0. The number of piperidine rings is 1. The van der Waals surface area contributed by atoms with Crippen LogP contribution in [0.2, 0.25) is 0 Å². The van der Waals surface area contributed by atoms with Crippen LogP contribution >= 0.6 is 23.1 Å². The van der Waals surface area contributed by atoms with Crippen molar-refractivity contribution in [3.8, 4) is 0 Å². The van der Waals surface area contributed by atoms with Crippen LogP contribution in [0.15, 0.2) is 40.3 Å². The zero-order chi connectivity index (χ0) is 26.4. The van der Waals surface area contributed by atoms with E-state index in [9.17, 15) is 9.59 Å². The molecule has 38 heavy (non-hydrogen) atoms. The highest BCUT2D eigenvalue weighted by molar-refractivity contribution is 8.00. The first-order valence-electron chi connectivity index (χ1n) is 13.5. The number of rotatable bonds is 6. The standard InChI is InChI=1S/C28H33N5O3S2/c1-17(2)21-14-20-22(16-36-21)38-26-23(20)25(35)32(15-19-10-6-4-7-11-19)27-29-30-28(33(26)27)37-18(3)24(34)31-12-8-5-9-13-31/h4,6-7,10-11,17-18,21H,5,8-9,12-16H2,1-3H3/t18-,21-/m0/s1. The summed E-state index contributed by atoms with van der Waals surface area (Å²) < 4.78 is 9.89. The average molecular weight is 552 g/mol. The van der Waals surface area contributed by atoms with Gasteiger partial charge in [-0.1, -0.05) is 55.9 Å². The Morgan fingerprint density at radius 1 is 1.13 bits per heavy atom. The van der Waals surface area contributed by atoms with Crippen molar-refractivity contribution in [1.29, 1.82) is 0 Å². The molecule has 0 radical (unpaired) electrons. The van der Waals surface area contributed by atoms with Gasteiger partial charge in [0.05, 0.1) is 29.9 Å². The number of hydrogen-bond acceptors (Lipinski definition) is 7. The number of aromatic nitrogens is 4. The highest BCUT2D eigenvalue weighted by atomic mass is 32.2. The zero-order valence-electron chi connectivity index (χ0n) is 22.1. The highest BCUT2D eigenvalue weighted by Gasteiger charge is 2.31. The van der Waals surface area contributed by atoms with Crippen molar-refractivity contribution in [3.05, 3.63) is 56.7 Å². The predicted molar refractivity (Wildman–Crippen MR) is 151 cm³/mol. The van der Waals surface area contributed by atoms with E-state index in [0.29, 0.717) is 36.4 Å². The molecule has 0 unspecified atom stereocenters. The fourth-order valence-electron chi connectivity index (χ4n) is 5.48. The summed E-state index contributed by atoms with van der Waals surface area (Å²) in [6.07, 6.45) is 4.09. The van der Waals surface area contributed by atoms with E-state index >= 15 is 0 Å². The SMILES string of the molecule is CC(C)[C@@H]1Cc2c(sc3c2c(=O)n(Cc2ccccc2)c2nnc(S[C@@H](C)C(=O)N4CCCCC4)n32)CO1. The second kappa shape index (κ2) is 10.5. The van der Waals surface area contributed by atoms with E-state index in [1.807, 2.05) is 46.6 Å². The molecular weight excluding hydrogens is 518 g/mol. The third-order valence-corrected chi connectivity index (χ3v) is 9.87. The van der Waals surface area contributed by atoms with Crippen molar-refractivity contribution in [1.82, 2.24) is 24.1 Å². The molecular formula is C28H33N5O3S2. The minimum Gasteiger partial charge on any atom is -0.372 e. The lowest BCUT2D eigenvalue weighted by molar-refractivity contribution is -0.131. The van der Waals surface area contributed by atoms with E-state index in [0.717, 1.165) is 52.2 Å². The van der Waals surface area contributed by atoms with Gasteiger partial charge in [0.1, 0.15) is 4.83 Å². The Morgan fingerprint density at radius 2 is 1.89 bits per heavy atom. The molecule has 0 bridgehead atoms. The summed E-state index contributed by atoms with van der Waals surface area (Å²) >= 11 is 3.02. The van der Waals surface area contributed by atoms with Crippen molar-refractivity contribution < 1.29 is 9.53 Å². The van der Waals surface area contributed by atoms with Gasteiger partial charge in [0.15, 0.2) is 5.16 Å². The highest BCUT2D eigenvalue weighted by Crippen LogP contribution is 2.38. The van der Waals surface area contributed by atoms with E-state index in [2.05, 4.69) is 24.0 Å². The van der Waals surface area contributed by atoms with Crippen LogP contribution in [0, 0.1) is 5.92 Å². The van der Waals surface area contributed by atoms with Gasteiger partial charge in [0.2, 0.25) is 11.7 Å². The molecule has 200 valence electrons. The maximum atomic E-state index is 14.1. The summed E-state index contributed by atoms with van der Waals surface area (Å²) in [5.41, 5.74) is 2.07. The normalized spacial score (nSPS) is 18.8. The molecule has 4 aromatic rings. The van der Waals surface area contributed by atoms with E-state index in [-0.39, 0.29) is 22.8 Å². The Labute approximate surface area is 230 Å². The lowest BCUT2D eigenvalue weighted by Gasteiger charge is -2.28. The van der Waals surface area contributed by atoms with Crippen molar-refractivity contribution in [3.63, 3.8) is 0 Å². The van der Waals surface area contributed by atoms with Gasteiger partial charge in [-0.3, -0.25) is 14.2 Å². The van der Waals surface area contributed by atoms with Gasteiger partial charge < -0.3 is 9.64 Å². The van der Waals surface area contributed by atoms with Gasteiger partial charge in [-0.05, 0) is 43.2 Å². The second-order valence-electron chi connectivity index (χ2n) is 10.6. The van der Waals surface area contributed by atoms with Gasteiger partial charge in [-0.15, -0.1) is 21.5 Å². The topological polar surface area (TPSA) is 81.7 Å². The van der Waals surface area contributed by atoms with Crippen molar-refractivity contribution in [2.45, 2.75) is 76.1 Å². The van der Waals surface area contributed by atoms with Crippen LogP contribution in [0.4, 0.5) is 0 Å². The molecule has 1 saturated heterocycles. The molecule has 6 rings (SSSR count). The number of ether oxygens (including phenoxy) is 1. The minimum atomic E-state index is -0.298. The fraction of sp³-hybridized carbons (Fsp3) is 0.500. The van der Waals surface area contributed by atoms with E-state index in [1.54, 1.807) is 15.9 Å². The quantitative estimate of drug-likeness (QED) is 0.322. The molecule has 1 fully saturated rings. The number of thiophene rings is 1. The fourth-order valence-corrected chi connectivity index (χ4v) is 7.72. The maximum absolute atomic E-state index is 14.1. The van der Waals surface area contributed by atoms with Gasteiger partial charge in [-0.2, -0.15) is 0 Å². The Bertz CT molecular complexity index is 1540. The van der Waals surface area contributed by atoms with Crippen LogP contribution in [0.3, 0.4) is 0 Å². The number of thioether (sulfide) groups is 1. The molecule has 0 saturated carbocycles. The lowest BCUT2D eigenvalue weighted by atomic mass is 9.96. The molecule has 5 heterocycles. The molecule has 0 aliphatic carbocycles. The molecule has 0 N–H and O–H groups in total. The third-order valence-electron chi connectivity index (χ3n) is 7.65. The van der Waals surface area contributed by atoms with E-state index in [4.69, 9.17) is 4.74 Å². The van der Waals surface area contributed by atoms with Crippen LogP contribution in [0.5, 0.6) is 0 Å². The first kappa shape index (κ1) is 25.6. The van der Waals surface area contributed by atoms with Crippen LogP contribution in [-0.2, 0) is 29.1 Å². The largest absolute Gasteiger partial charge is 0.372 e. The van der Waals surface area contributed by atoms with Crippen LogP contribution in [0.25, 0.3) is 16.0 Å². The molecule has 1 amide bonds. The number of fused-ring (bicyclic) bond motifs is 5. The summed E-state index contributed by atoms with van der Waals surface area (Å²) in [5.74, 6) is 1.00. The molecule has 8 nitrogen and oxygen atoms in total. The molecule has 0 spiro atoms. The summed E-state index contributed by atoms with van der Waals surface area (Å²) in [6, 6.07) is 9.96. The Balaban J connectivity index is 1.48. The van der Waals surface area contributed by atoms with Crippen molar-refractivity contribution in [2.24, 2.45) is 5.92 Å². The number of hydrogen-bond donors (Lipinski definition) is 0. The summed E-state index contributed by atoms with van der Waals surface area (Å²) in [4.78, 5) is 31.2. The molecule has 2 aliphatic rings. The van der Waals surface area contributed by atoms with Gasteiger partial charge in [0, 0.05) is 24.4 Å². The predicted octanol–water partition coefficient (Wildman–Crippen LogP) is 4.74.